The zero-order chi connectivity index (χ0) is 22.5. The molecule has 32 heavy (non-hydrogen) atoms. The highest BCUT2D eigenvalue weighted by Gasteiger charge is 2.23. The molecular weight excluding hydrogens is 405 g/mol. The third-order valence-electron chi connectivity index (χ3n) is 6.44. The fraction of sp³-hybridized carbons (Fsp3) is 0.440. The molecule has 6 nitrogen and oxygen atoms in total. The summed E-state index contributed by atoms with van der Waals surface area (Å²) in [7, 11) is 2.16. The molecule has 1 amide bonds. The van der Waals surface area contributed by atoms with E-state index in [0.29, 0.717) is 30.8 Å². The van der Waals surface area contributed by atoms with Gasteiger partial charge in [-0.05, 0) is 68.0 Å². The van der Waals surface area contributed by atoms with Crippen molar-refractivity contribution < 1.29 is 9.18 Å². The van der Waals surface area contributed by atoms with Gasteiger partial charge in [-0.2, -0.15) is 5.26 Å². The van der Waals surface area contributed by atoms with Gasteiger partial charge in [-0.15, -0.1) is 0 Å². The average molecular weight is 436 g/mol. The van der Waals surface area contributed by atoms with Crippen molar-refractivity contribution in [3.05, 3.63) is 65.0 Å². The highest BCUT2D eigenvalue weighted by atomic mass is 19.1. The lowest BCUT2D eigenvalue weighted by Gasteiger charge is -2.35. The van der Waals surface area contributed by atoms with E-state index < -0.39 is 0 Å². The Kier molecular flexibility index (Phi) is 7.03. The maximum Gasteiger partial charge on any atom is 0.253 e. The Morgan fingerprint density at radius 2 is 1.72 bits per heavy atom. The van der Waals surface area contributed by atoms with Gasteiger partial charge < -0.3 is 14.7 Å². The number of hydrogen-bond acceptors (Lipinski definition) is 5. The predicted molar refractivity (Wildman–Crippen MR) is 123 cm³/mol. The molecule has 0 spiro atoms. The third kappa shape index (κ3) is 5.26. The maximum absolute atomic E-state index is 13.1. The SMILES string of the molecule is CN1CCCN(c2ccc(C#N)c(CN3CCN(C(=O)c4ccc(F)cc4)CC3)c2)CC1. The van der Waals surface area contributed by atoms with E-state index in [9.17, 15) is 14.4 Å². The van der Waals surface area contributed by atoms with Crippen molar-refractivity contribution in [3.8, 4) is 6.07 Å². The first kappa shape index (κ1) is 22.3. The van der Waals surface area contributed by atoms with Crippen LogP contribution in [0.4, 0.5) is 10.1 Å². The number of nitriles is 1. The molecule has 2 fully saturated rings. The van der Waals surface area contributed by atoms with Gasteiger partial charge in [0.1, 0.15) is 5.82 Å². The smallest absolute Gasteiger partial charge is 0.253 e. The summed E-state index contributed by atoms with van der Waals surface area (Å²) < 4.78 is 13.1. The van der Waals surface area contributed by atoms with E-state index in [1.54, 1.807) is 0 Å². The van der Waals surface area contributed by atoms with E-state index in [4.69, 9.17) is 0 Å². The number of rotatable bonds is 4. The van der Waals surface area contributed by atoms with Crippen molar-refractivity contribution in [2.24, 2.45) is 0 Å². The van der Waals surface area contributed by atoms with Crippen molar-refractivity contribution in [2.75, 3.05) is 64.3 Å². The number of carbonyl (C=O) groups excluding carboxylic acids is 1. The van der Waals surface area contributed by atoms with E-state index in [1.807, 2.05) is 11.0 Å². The molecule has 0 radical (unpaired) electrons. The number of likely N-dealkylation sites (N-methyl/N-ethyl adjacent to an activating group) is 1. The molecule has 4 rings (SSSR count). The average Bonchev–Trinajstić information content (AvgIpc) is 3.04. The standard InChI is InChI=1S/C25H30FN5O/c1-28-9-2-10-30(14-11-28)24-8-5-21(18-27)22(17-24)19-29-12-15-31(16-13-29)25(32)20-3-6-23(26)7-4-20/h3-8,17H,2,9-16,19H2,1H3. The number of piperazine rings is 1. The Labute approximate surface area is 189 Å². The first-order chi connectivity index (χ1) is 15.5. The van der Waals surface area contributed by atoms with Crippen LogP contribution in [0.2, 0.25) is 0 Å². The number of hydrogen-bond donors (Lipinski definition) is 0. The van der Waals surface area contributed by atoms with Crippen LogP contribution in [0.5, 0.6) is 0 Å². The molecule has 0 unspecified atom stereocenters. The van der Waals surface area contributed by atoms with E-state index >= 15 is 0 Å². The number of carbonyl (C=O) groups is 1. The van der Waals surface area contributed by atoms with Crippen molar-refractivity contribution >= 4 is 11.6 Å². The summed E-state index contributed by atoms with van der Waals surface area (Å²) in [5, 5.41) is 9.62. The zero-order valence-electron chi connectivity index (χ0n) is 18.6. The highest BCUT2D eigenvalue weighted by Crippen LogP contribution is 2.23. The second-order valence-electron chi connectivity index (χ2n) is 8.67. The maximum atomic E-state index is 13.1. The van der Waals surface area contributed by atoms with Gasteiger partial charge in [-0.1, -0.05) is 0 Å². The molecule has 2 aromatic carbocycles. The lowest BCUT2D eigenvalue weighted by Crippen LogP contribution is -2.48. The largest absolute Gasteiger partial charge is 0.370 e. The van der Waals surface area contributed by atoms with Gasteiger partial charge in [0.15, 0.2) is 0 Å². The van der Waals surface area contributed by atoms with Crippen molar-refractivity contribution in [3.63, 3.8) is 0 Å². The van der Waals surface area contributed by atoms with Crippen LogP contribution in [0.25, 0.3) is 0 Å². The molecule has 0 bridgehead atoms. The van der Waals surface area contributed by atoms with E-state index in [-0.39, 0.29) is 11.7 Å². The number of nitrogens with zero attached hydrogens (tertiary/aromatic N) is 5. The van der Waals surface area contributed by atoms with Crippen LogP contribution in [-0.4, -0.2) is 80.0 Å². The molecule has 168 valence electrons. The molecule has 2 aliphatic rings. The Morgan fingerprint density at radius 3 is 2.44 bits per heavy atom. The first-order valence-electron chi connectivity index (χ1n) is 11.3. The van der Waals surface area contributed by atoms with E-state index in [0.717, 1.165) is 51.3 Å². The van der Waals surface area contributed by atoms with Gasteiger partial charge in [0.2, 0.25) is 0 Å². The Hall–Kier alpha value is -2.95. The van der Waals surface area contributed by atoms with Gasteiger partial charge in [-0.3, -0.25) is 9.69 Å². The highest BCUT2D eigenvalue weighted by molar-refractivity contribution is 5.94. The second kappa shape index (κ2) is 10.1. The van der Waals surface area contributed by atoms with Crippen LogP contribution in [-0.2, 0) is 6.54 Å². The van der Waals surface area contributed by atoms with E-state index in [1.165, 1.54) is 30.0 Å². The molecule has 0 aromatic heterocycles. The fourth-order valence-electron chi connectivity index (χ4n) is 4.45. The molecule has 2 aromatic rings. The number of amides is 1. The monoisotopic (exact) mass is 435 g/mol. The van der Waals surface area contributed by atoms with Gasteiger partial charge >= 0.3 is 0 Å². The number of benzene rings is 2. The first-order valence-corrected chi connectivity index (χ1v) is 11.3. The molecule has 2 saturated heterocycles. The summed E-state index contributed by atoms with van der Waals surface area (Å²) in [5.74, 6) is -0.399. The Balaban J connectivity index is 1.39. The number of halogens is 1. The summed E-state index contributed by atoms with van der Waals surface area (Å²) in [6.07, 6.45) is 1.13. The minimum absolute atomic E-state index is 0.0597. The molecular formula is C25H30FN5O. The predicted octanol–water partition coefficient (Wildman–Crippen LogP) is 2.80. The normalized spacial score (nSPS) is 18.3. The molecule has 2 heterocycles. The van der Waals surface area contributed by atoms with Crippen LogP contribution in [0, 0.1) is 17.1 Å². The summed E-state index contributed by atoms with van der Waals surface area (Å²) in [6, 6.07) is 14.2. The van der Waals surface area contributed by atoms with Crippen LogP contribution >= 0.6 is 0 Å². The molecule has 0 atom stereocenters. The summed E-state index contributed by atoms with van der Waals surface area (Å²) in [4.78, 5) is 21.6. The summed E-state index contributed by atoms with van der Waals surface area (Å²) >= 11 is 0. The Bertz CT molecular complexity index is 979. The van der Waals surface area contributed by atoms with Crippen LogP contribution < -0.4 is 4.90 Å². The molecule has 0 N–H and O–H groups in total. The minimum atomic E-state index is -0.339. The molecule has 2 aliphatic heterocycles. The van der Waals surface area contributed by atoms with Crippen LogP contribution in [0.15, 0.2) is 42.5 Å². The lowest BCUT2D eigenvalue weighted by molar-refractivity contribution is 0.0628. The van der Waals surface area contributed by atoms with E-state index in [2.05, 4.69) is 39.9 Å². The zero-order valence-corrected chi connectivity index (χ0v) is 18.6. The quantitative estimate of drug-likeness (QED) is 0.739. The lowest BCUT2D eigenvalue weighted by atomic mass is 10.1. The fourth-order valence-corrected chi connectivity index (χ4v) is 4.45. The third-order valence-corrected chi connectivity index (χ3v) is 6.44. The second-order valence-corrected chi connectivity index (χ2v) is 8.67. The Morgan fingerprint density at radius 1 is 0.969 bits per heavy atom. The minimum Gasteiger partial charge on any atom is -0.370 e. The molecule has 7 heteroatoms. The molecule has 0 aliphatic carbocycles. The van der Waals surface area contributed by atoms with Gasteiger partial charge in [0.05, 0.1) is 11.6 Å². The number of anilines is 1. The summed E-state index contributed by atoms with van der Waals surface area (Å²) in [6.45, 7) is 7.61. The van der Waals surface area contributed by atoms with Crippen LogP contribution in [0.1, 0.15) is 27.9 Å². The molecule has 0 saturated carbocycles. The van der Waals surface area contributed by atoms with Crippen LogP contribution in [0.3, 0.4) is 0 Å². The van der Waals surface area contributed by atoms with Gasteiger partial charge in [-0.25, -0.2) is 4.39 Å². The van der Waals surface area contributed by atoms with Gasteiger partial charge in [0, 0.05) is 63.6 Å². The van der Waals surface area contributed by atoms with Gasteiger partial charge in [0.25, 0.3) is 5.91 Å². The topological polar surface area (TPSA) is 53.8 Å². The summed E-state index contributed by atoms with van der Waals surface area (Å²) in [5.41, 5.74) is 3.45. The van der Waals surface area contributed by atoms with Crippen molar-refractivity contribution in [1.29, 1.82) is 5.26 Å². The van der Waals surface area contributed by atoms with Crippen molar-refractivity contribution in [2.45, 2.75) is 13.0 Å². The van der Waals surface area contributed by atoms with Crippen molar-refractivity contribution in [1.82, 2.24) is 14.7 Å².